The highest BCUT2D eigenvalue weighted by molar-refractivity contribution is 5.59. The number of nitrogens with zero attached hydrogens (tertiary/aromatic N) is 3. The molecule has 1 aliphatic heterocycles. The molecule has 0 N–H and O–H groups in total. The van der Waals surface area contributed by atoms with Crippen molar-refractivity contribution in [1.82, 2.24) is 10.2 Å². The number of hydrogen-bond acceptors (Lipinski definition) is 5. The fourth-order valence-corrected chi connectivity index (χ4v) is 3.37. The summed E-state index contributed by atoms with van der Waals surface area (Å²) in [6, 6.07) is 22.3. The highest BCUT2D eigenvalue weighted by Crippen LogP contribution is 2.21. The first kappa shape index (κ1) is 17.5. The maximum atomic E-state index is 5.97. The summed E-state index contributed by atoms with van der Waals surface area (Å²) in [5.74, 6) is 1.77. The summed E-state index contributed by atoms with van der Waals surface area (Å²) in [6.45, 7) is 2.32. The third-order valence-electron chi connectivity index (χ3n) is 4.78. The van der Waals surface area contributed by atoms with E-state index in [4.69, 9.17) is 9.47 Å². The Morgan fingerprint density at radius 3 is 2.70 bits per heavy atom. The van der Waals surface area contributed by atoms with Crippen LogP contribution in [-0.4, -0.2) is 43.1 Å². The lowest BCUT2D eigenvalue weighted by molar-refractivity contribution is 0.0407. The third kappa shape index (κ3) is 4.26. The molecule has 2 aromatic carbocycles. The molecule has 1 saturated heterocycles. The Hall–Kier alpha value is -2.92. The molecule has 0 spiro atoms. The first-order valence-corrected chi connectivity index (χ1v) is 9.20. The van der Waals surface area contributed by atoms with Crippen molar-refractivity contribution >= 4 is 5.82 Å². The van der Waals surface area contributed by atoms with Gasteiger partial charge >= 0.3 is 0 Å². The average Bonchev–Trinajstić information content (AvgIpc) is 2.75. The van der Waals surface area contributed by atoms with Crippen LogP contribution in [0.3, 0.4) is 0 Å². The Morgan fingerprint density at radius 1 is 1.04 bits per heavy atom. The minimum atomic E-state index is 0.126. The molecule has 1 fully saturated rings. The second kappa shape index (κ2) is 8.18. The SMILES string of the molecule is COc1cccc(C[C@@H]2CN(c3ccc(-c4ccccc4)nn3)CCO2)c1. The van der Waals surface area contributed by atoms with E-state index in [2.05, 4.69) is 27.2 Å². The van der Waals surface area contributed by atoms with Crippen LogP contribution >= 0.6 is 0 Å². The van der Waals surface area contributed by atoms with Gasteiger partial charge in [0.15, 0.2) is 5.82 Å². The van der Waals surface area contributed by atoms with Gasteiger partial charge in [-0.3, -0.25) is 0 Å². The lowest BCUT2D eigenvalue weighted by Crippen LogP contribution is -2.43. The van der Waals surface area contributed by atoms with E-state index in [0.29, 0.717) is 6.61 Å². The van der Waals surface area contributed by atoms with E-state index in [0.717, 1.165) is 42.3 Å². The summed E-state index contributed by atoms with van der Waals surface area (Å²) in [7, 11) is 1.69. The number of aromatic nitrogens is 2. The summed E-state index contributed by atoms with van der Waals surface area (Å²) in [4.78, 5) is 2.25. The Kier molecular flexibility index (Phi) is 5.30. The maximum absolute atomic E-state index is 5.97. The van der Waals surface area contributed by atoms with Crippen molar-refractivity contribution in [2.75, 3.05) is 31.7 Å². The number of rotatable bonds is 5. The van der Waals surface area contributed by atoms with Gasteiger partial charge in [0.2, 0.25) is 0 Å². The van der Waals surface area contributed by atoms with Crippen LogP contribution in [0.15, 0.2) is 66.7 Å². The molecular formula is C22H23N3O2. The largest absolute Gasteiger partial charge is 0.497 e. The Labute approximate surface area is 159 Å². The fourth-order valence-electron chi connectivity index (χ4n) is 3.37. The predicted octanol–water partition coefficient (Wildman–Crippen LogP) is 3.60. The summed E-state index contributed by atoms with van der Waals surface area (Å²) < 4.78 is 11.3. The van der Waals surface area contributed by atoms with Gasteiger partial charge in [0.1, 0.15) is 5.75 Å². The first-order valence-electron chi connectivity index (χ1n) is 9.20. The molecular weight excluding hydrogens is 338 g/mol. The van der Waals surface area contributed by atoms with Gasteiger partial charge in [-0.25, -0.2) is 0 Å². The van der Waals surface area contributed by atoms with E-state index < -0.39 is 0 Å². The van der Waals surface area contributed by atoms with Crippen LogP contribution in [0.4, 0.5) is 5.82 Å². The monoisotopic (exact) mass is 361 g/mol. The molecule has 4 rings (SSSR count). The van der Waals surface area contributed by atoms with Crippen LogP contribution in [0.2, 0.25) is 0 Å². The van der Waals surface area contributed by atoms with E-state index in [1.807, 2.05) is 54.6 Å². The van der Waals surface area contributed by atoms with Gasteiger partial charge in [-0.1, -0.05) is 42.5 Å². The average molecular weight is 361 g/mol. The van der Waals surface area contributed by atoms with Gasteiger partial charge in [0, 0.05) is 25.1 Å². The van der Waals surface area contributed by atoms with Crippen LogP contribution in [0.1, 0.15) is 5.56 Å². The van der Waals surface area contributed by atoms with Crippen molar-refractivity contribution in [2.24, 2.45) is 0 Å². The molecule has 2 heterocycles. The van der Waals surface area contributed by atoms with E-state index >= 15 is 0 Å². The molecule has 5 heteroatoms. The van der Waals surface area contributed by atoms with E-state index in [9.17, 15) is 0 Å². The molecule has 0 saturated carbocycles. The third-order valence-corrected chi connectivity index (χ3v) is 4.78. The Bertz CT molecular complexity index is 868. The lowest BCUT2D eigenvalue weighted by Gasteiger charge is -2.33. The fraction of sp³-hybridized carbons (Fsp3) is 0.273. The molecule has 3 aromatic rings. The zero-order chi connectivity index (χ0) is 18.5. The number of hydrogen-bond donors (Lipinski definition) is 0. The number of methoxy groups -OCH3 is 1. The number of morpholine rings is 1. The van der Waals surface area contributed by atoms with Crippen molar-refractivity contribution in [3.05, 3.63) is 72.3 Å². The van der Waals surface area contributed by atoms with Gasteiger partial charge in [-0.2, -0.15) is 0 Å². The zero-order valence-electron chi connectivity index (χ0n) is 15.4. The minimum Gasteiger partial charge on any atom is -0.497 e. The summed E-state index contributed by atoms with van der Waals surface area (Å²) >= 11 is 0. The molecule has 0 unspecified atom stereocenters. The highest BCUT2D eigenvalue weighted by Gasteiger charge is 2.22. The van der Waals surface area contributed by atoms with Gasteiger partial charge in [0.25, 0.3) is 0 Å². The van der Waals surface area contributed by atoms with Crippen LogP contribution < -0.4 is 9.64 Å². The zero-order valence-corrected chi connectivity index (χ0v) is 15.4. The molecule has 1 aliphatic rings. The van der Waals surface area contributed by atoms with Crippen LogP contribution in [0.5, 0.6) is 5.75 Å². The molecule has 27 heavy (non-hydrogen) atoms. The van der Waals surface area contributed by atoms with Crippen LogP contribution in [-0.2, 0) is 11.2 Å². The topological polar surface area (TPSA) is 47.5 Å². The van der Waals surface area contributed by atoms with Crippen molar-refractivity contribution in [3.8, 4) is 17.0 Å². The standard InChI is InChI=1S/C22H23N3O2/c1-26-19-9-5-6-17(14-19)15-20-16-25(12-13-27-20)22-11-10-21(23-24-22)18-7-3-2-4-8-18/h2-11,14,20H,12-13,15-16H2,1H3/t20-/m1/s1. The Morgan fingerprint density at radius 2 is 1.93 bits per heavy atom. The molecule has 0 bridgehead atoms. The van der Waals surface area contributed by atoms with Gasteiger partial charge in [-0.15, -0.1) is 10.2 Å². The molecule has 0 radical (unpaired) electrons. The maximum Gasteiger partial charge on any atom is 0.151 e. The summed E-state index contributed by atoms with van der Waals surface area (Å²) in [5, 5.41) is 8.85. The first-order chi connectivity index (χ1) is 13.3. The van der Waals surface area contributed by atoms with Crippen molar-refractivity contribution < 1.29 is 9.47 Å². The van der Waals surface area contributed by atoms with Crippen molar-refractivity contribution in [1.29, 1.82) is 0 Å². The van der Waals surface area contributed by atoms with Crippen LogP contribution in [0.25, 0.3) is 11.3 Å². The minimum absolute atomic E-state index is 0.126. The smallest absolute Gasteiger partial charge is 0.151 e. The quantitative estimate of drug-likeness (QED) is 0.695. The predicted molar refractivity (Wildman–Crippen MR) is 106 cm³/mol. The van der Waals surface area contributed by atoms with Gasteiger partial charge in [0.05, 0.1) is 25.5 Å². The molecule has 1 aromatic heterocycles. The van der Waals surface area contributed by atoms with E-state index in [-0.39, 0.29) is 6.10 Å². The molecule has 0 aliphatic carbocycles. The lowest BCUT2D eigenvalue weighted by atomic mass is 10.1. The van der Waals surface area contributed by atoms with Crippen molar-refractivity contribution in [3.63, 3.8) is 0 Å². The highest BCUT2D eigenvalue weighted by atomic mass is 16.5. The Balaban J connectivity index is 1.43. The van der Waals surface area contributed by atoms with E-state index in [1.165, 1.54) is 5.56 Å². The van der Waals surface area contributed by atoms with Gasteiger partial charge < -0.3 is 14.4 Å². The summed E-state index contributed by atoms with van der Waals surface area (Å²) in [6.07, 6.45) is 0.977. The molecule has 138 valence electrons. The molecule has 5 nitrogen and oxygen atoms in total. The normalized spacial score (nSPS) is 16.9. The summed E-state index contributed by atoms with van der Waals surface area (Å²) in [5.41, 5.74) is 3.18. The van der Waals surface area contributed by atoms with Gasteiger partial charge in [-0.05, 0) is 29.8 Å². The second-order valence-corrected chi connectivity index (χ2v) is 6.64. The van der Waals surface area contributed by atoms with Crippen molar-refractivity contribution in [2.45, 2.75) is 12.5 Å². The van der Waals surface area contributed by atoms with Crippen LogP contribution in [0, 0.1) is 0 Å². The van der Waals surface area contributed by atoms with E-state index in [1.54, 1.807) is 7.11 Å². The molecule has 0 amide bonds. The molecule has 1 atom stereocenters. The number of anilines is 1. The second-order valence-electron chi connectivity index (χ2n) is 6.64. The number of ether oxygens (including phenoxy) is 2. The number of benzene rings is 2.